The Hall–Kier alpha value is -2.58. The minimum atomic E-state index is -3.27. The number of rotatable bonds is 8. The van der Waals surface area contributed by atoms with Crippen molar-refractivity contribution in [3.8, 4) is 11.5 Å². The van der Waals surface area contributed by atoms with Crippen LogP contribution in [0.1, 0.15) is 51.5 Å². The number of benzene rings is 2. The molecule has 0 unspecified atom stereocenters. The highest BCUT2D eigenvalue weighted by Crippen LogP contribution is 2.32. The third kappa shape index (κ3) is 6.96. The van der Waals surface area contributed by atoms with Crippen LogP contribution in [-0.4, -0.2) is 49.4 Å². The number of aryl methyl sites for hydroxylation is 1. The molecule has 1 aliphatic heterocycles. The largest absolute Gasteiger partial charge is 0.457 e. The van der Waals surface area contributed by atoms with Crippen molar-refractivity contribution in [3.05, 3.63) is 48.0 Å². The molecule has 34 heavy (non-hydrogen) atoms. The summed E-state index contributed by atoms with van der Waals surface area (Å²) in [7, 11) is -3.27. The third-order valence-electron chi connectivity index (χ3n) is 6.59. The number of urea groups is 1. The lowest BCUT2D eigenvalue weighted by Crippen LogP contribution is -2.48. The summed E-state index contributed by atoms with van der Waals surface area (Å²) >= 11 is 0. The monoisotopic (exact) mass is 488 g/mol. The quantitative estimate of drug-likeness (QED) is 0.520. The average Bonchev–Trinajstić information content (AvgIpc) is 2.77. The minimum Gasteiger partial charge on any atom is -0.457 e. The van der Waals surface area contributed by atoms with Gasteiger partial charge in [-0.1, -0.05) is 26.7 Å². The van der Waals surface area contributed by atoms with Crippen LogP contribution in [0.5, 0.6) is 11.5 Å². The first kappa shape index (κ1) is 26.0. The van der Waals surface area contributed by atoms with Crippen LogP contribution in [0.4, 0.5) is 10.5 Å². The Morgan fingerprint density at radius 1 is 1.09 bits per heavy atom. The van der Waals surface area contributed by atoms with Gasteiger partial charge in [-0.2, -0.15) is 0 Å². The fourth-order valence-electron chi connectivity index (χ4n) is 4.42. The van der Waals surface area contributed by atoms with Crippen LogP contribution in [0, 0.1) is 12.8 Å². The van der Waals surface area contributed by atoms with E-state index in [1.54, 1.807) is 23.1 Å². The molecule has 1 aliphatic rings. The summed E-state index contributed by atoms with van der Waals surface area (Å²) in [6.07, 6.45) is 5.24. The van der Waals surface area contributed by atoms with E-state index in [-0.39, 0.29) is 10.9 Å². The van der Waals surface area contributed by atoms with E-state index in [1.807, 2.05) is 19.1 Å². The number of aliphatic hydroxyl groups is 1. The van der Waals surface area contributed by atoms with Crippen LogP contribution < -0.4 is 10.1 Å². The van der Waals surface area contributed by atoms with E-state index < -0.39 is 15.4 Å². The van der Waals surface area contributed by atoms with Crippen LogP contribution in [0.2, 0.25) is 0 Å². The maximum Gasteiger partial charge on any atom is 0.321 e. The van der Waals surface area contributed by atoms with E-state index >= 15 is 0 Å². The Balaban J connectivity index is 1.61. The first-order chi connectivity index (χ1) is 16.0. The van der Waals surface area contributed by atoms with Gasteiger partial charge in [0.05, 0.1) is 10.5 Å². The smallest absolute Gasteiger partial charge is 0.321 e. The summed E-state index contributed by atoms with van der Waals surface area (Å²) in [6.45, 7) is 7.26. The Morgan fingerprint density at radius 2 is 1.71 bits per heavy atom. The first-order valence-corrected chi connectivity index (χ1v) is 13.8. The summed E-state index contributed by atoms with van der Waals surface area (Å²) in [6, 6.07) is 11.5. The molecule has 2 N–H and O–H groups in total. The van der Waals surface area contributed by atoms with E-state index in [0.717, 1.165) is 31.1 Å². The maximum absolute atomic E-state index is 12.9. The molecule has 0 radical (unpaired) electrons. The predicted molar refractivity (Wildman–Crippen MR) is 134 cm³/mol. The molecule has 0 spiro atoms. The van der Waals surface area contributed by atoms with Gasteiger partial charge in [-0.05, 0) is 74.1 Å². The van der Waals surface area contributed by atoms with Crippen molar-refractivity contribution in [3.63, 3.8) is 0 Å². The van der Waals surface area contributed by atoms with Crippen LogP contribution in [0.25, 0.3) is 0 Å². The lowest BCUT2D eigenvalue weighted by Gasteiger charge is -2.39. The zero-order chi connectivity index (χ0) is 24.9. The number of likely N-dealkylation sites (tertiary alicyclic amines) is 1. The summed E-state index contributed by atoms with van der Waals surface area (Å²) in [4.78, 5) is 14.8. The van der Waals surface area contributed by atoms with Crippen molar-refractivity contribution in [1.82, 2.24) is 4.90 Å². The van der Waals surface area contributed by atoms with Crippen LogP contribution >= 0.6 is 0 Å². The topological polar surface area (TPSA) is 95.9 Å². The lowest BCUT2D eigenvalue weighted by atomic mass is 9.81. The standard InChI is InChI=1S/C26H36N2O5S/c1-5-20(6-2)18-26(30)11-13-28(14-12-26)25(29)27-21-15-19(3)16-23(17-21)33-22-7-9-24(10-8-22)34(4,31)32/h7-10,15-17,20,30H,5-6,11-14,18H2,1-4H3,(H,27,29). The molecule has 186 valence electrons. The van der Waals surface area contributed by atoms with Crippen LogP contribution in [0.15, 0.2) is 47.4 Å². The Labute approximate surface area is 203 Å². The Morgan fingerprint density at radius 3 is 2.26 bits per heavy atom. The summed E-state index contributed by atoms with van der Waals surface area (Å²) in [5.74, 6) is 1.56. The molecule has 2 amide bonds. The number of sulfone groups is 1. The molecule has 0 bridgehead atoms. The highest BCUT2D eigenvalue weighted by Gasteiger charge is 2.35. The van der Waals surface area contributed by atoms with E-state index in [0.29, 0.717) is 49.0 Å². The van der Waals surface area contributed by atoms with Crippen molar-refractivity contribution in [2.45, 2.75) is 63.4 Å². The molecule has 1 fully saturated rings. The molecule has 1 saturated heterocycles. The number of hydrogen-bond donors (Lipinski definition) is 2. The normalized spacial score (nSPS) is 15.9. The third-order valence-corrected chi connectivity index (χ3v) is 7.72. The highest BCUT2D eigenvalue weighted by atomic mass is 32.2. The molecule has 0 aliphatic carbocycles. The Kier molecular flexibility index (Phi) is 8.25. The molecule has 3 rings (SSSR count). The van der Waals surface area contributed by atoms with Crippen molar-refractivity contribution in [2.24, 2.45) is 5.92 Å². The van der Waals surface area contributed by atoms with Crippen molar-refractivity contribution < 1.29 is 23.1 Å². The van der Waals surface area contributed by atoms with Gasteiger partial charge < -0.3 is 20.1 Å². The van der Waals surface area contributed by atoms with Crippen molar-refractivity contribution in [2.75, 3.05) is 24.7 Å². The minimum absolute atomic E-state index is 0.196. The van der Waals surface area contributed by atoms with Gasteiger partial charge in [-0.3, -0.25) is 0 Å². The van der Waals surface area contributed by atoms with Gasteiger partial charge in [-0.15, -0.1) is 0 Å². The van der Waals surface area contributed by atoms with Gasteiger partial charge in [-0.25, -0.2) is 13.2 Å². The van der Waals surface area contributed by atoms with Gasteiger partial charge in [0.2, 0.25) is 0 Å². The van der Waals surface area contributed by atoms with Crippen LogP contribution in [-0.2, 0) is 9.84 Å². The molecule has 0 aromatic heterocycles. The summed E-state index contributed by atoms with van der Waals surface area (Å²) < 4.78 is 29.2. The van der Waals surface area contributed by atoms with Crippen LogP contribution in [0.3, 0.4) is 0 Å². The number of ether oxygens (including phenoxy) is 1. The highest BCUT2D eigenvalue weighted by molar-refractivity contribution is 7.90. The SMILES string of the molecule is CCC(CC)CC1(O)CCN(C(=O)Nc2cc(C)cc(Oc3ccc(S(C)(=O)=O)cc3)c2)CC1. The Bertz CT molecular complexity index is 1090. The molecule has 0 saturated carbocycles. The summed E-state index contributed by atoms with van der Waals surface area (Å²) in [5, 5.41) is 13.9. The molecule has 2 aromatic carbocycles. The van der Waals surface area contributed by atoms with E-state index in [2.05, 4.69) is 19.2 Å². The number of nitrogens with one attached hydrogen (secondary N) is 1. The van der Waals surface area contributed by atoms with E-state index in [9.17, 15) is 18.3 Å². The molecular formula is C26H36N2O5S. The second kappa shape index (κ2) is 10.8. The fraction of sp³-hybridized carbons (Fsp3) is 0.500. The second-order valence-electron chi connectivity index (χ2n) is 9.41. The van der Waals surface area contributed by atoms with E-state index in [1.165, 1.54) is 12.1 Å². The second-order valence-corrected chi connectivity index (χ2v) is 11.4. The zero-order valence-corrected chi connectivity index (χ0v) is 21.3. The van der Waals surface area contributed by atoms with Gasteiger partial charge >= 0.3 is 6.03 Å². The molecular weight excluding hydrogens is 452 g/mol. The van der Waals surface area contributed by atoms with Gasteiger partial charge in [0.1, 0.15) is 11.5 Å². The fourth-order valence-corrected chi connectivity index (χ4v) is 5.05. The molecule has 2 aromatic rings. The van der Waals surface area contributed by atoms with Crippen molar-refractivity contribution >= 4 is 21.6 Å². The number of amides is 2. The lowest BCUT2D eigenvalue weighted by molar-refractivity contribution is -0.0309. The zero-order valence-electron chi connectivity index (χ0n) is 20.5. The number of carbonyl (C=O) groups excluding carboxylic acids is 1. The van der Waals surface area contributed by atoms with Crippen molar-refractivity contribution in [1.29, 1.82) is 0 Å². The molecule has 8 heteroatoms. The first-order valence-electron chi connectivity index (χ1n) is 11.9. The predicted octanol–water partition coefficient (Wildman–Crippen LogP) is 5.38. The molecule has 0 atom stereocenters. The van der Waals surface area contributed by atoms with Gasteiger partial charge in [0, 0.05) is 31.1 Å². The number of anilines is 1. The number of piperidine rings is 1. The van der Waals surface area contributed by atoms with Gasteiger partial charge in [0.25, 0.3) is 0 Å². The molecule has 7 nitrogen and oxygen atoms in total. The number of carbonyl (C=O) groups is 1. The molecule has 1 heterocycles. The summed E-state index contributed by atoms with van der Waals surface area (Å²) in [5.41, 5.74) is 0.842. The maximum atomic E-state index is 12.9. The van der Waals surface area contributed by atoms with Gasteiger partial charge in [0.15, 0.2) is 9.84 Å². The number of nitrogens with zero attached hydrogens (tertiary/aromatic N) is 1. The number of hydrogen-bond acceptors (Lipinski definition) is 5. The van der Waals surface area contributed by atoms with E-state index in [4.69, 9.17) is 4.74 Å². The average molecular weight is 489 g/mol.